The Hall–Kier alpha value is -1.69. The number of carbonyl (C=O) groups is 1. The van der Waals surface area contributed by atoms with Crippen LogP contribution in [-0.4, -0.2) is 15.5 Å². The first kappa shape index (κ1) is 12.8. The fraction of sp³-hybridized carbons (Fsp3) is 0.417. The molecule has 0 unspecified atom stereocenters. The number of hydrogen-bond donors (Lipinski definition) is 1. The van der Waals surface area contributed by atoms with Gasteiger partial charge in [0.1, 0.15) is 16.4 Å². The van der Waals surface area contributed by atoms with Crippen molar-refractivity contribution >= 4 is 17.4 Å². The van der Waals surface area contributed by atoms with E-state index < -0.39 is 0 Å². The Labute approximate surface area is 109 Å². The van der Waals surface area contributed by atoms with Crippen molar-refractivity contribution in [2.75, 3.05) is 0 Å². The summed E-state index contributed by atoms with van der Waals surface area (Å²) in [6, 6.07) is 3.58. The summed E-state index contributed by atoms with van der Waals surface area (Å²) >= 11 is 1.12. The normalized spacial score (nSPS) is 12.4. The fourth-order valence-electron chi connectivity index (χ4n) is 1.63. The van der Waals surface area contributed by atoms with Crippen molar-refractivity contribution in [2.24, 2.45) is 0 Å². The monoisotopic (exact) mass is 265 g/mol. The van der Waals surface area contributed by atoms with Crippen molar-refractivity contribution in [3.05, 3.63) is 34.2 Å². The van der Waals surface area contributed by atoms with Gasteiger partial charge in [0, 0.05) is 0 Å². The molecule has 5 nitrogen and oxygen atoms in total. The van der Waals surface area contributed by atoms with Crippen LogP contribution >= 0.6 is 11.5 Å². The van der Waals surface area contributed by atoms with E-state index >= 15 is 0 Å². The molecule has 2 rings (SSSR count). The second-order valence-electron chi connectivity index (χ2n) is 4.05. The molecule has 0 aliphatic rings. The number of aryl methyl sites for hydroxylation is 2. The summed E-state index contributed by atoms with van der Waals surface area (Å²) in [4.78, 5) is 12.6. The zero-order valence-corrected chi connectivity index (χ0v) is 11.4. The second-order valence-corrected chi connectivity index (χ2v) is 4.80. The third kappa shape index (κ3) is 2.59. The highest BCUT2D eigenvalue weighted by Crippen LogP contribution is 2.18. The molecule has 1 amide bonds. The predicted octanol–water partition coefficient (Wildman–Crippen LogP) is 2.49. The molecule has 0 bridgehead atoms. The Bertz CT molecular complexity index is 547. The number of carbonyl (C=O) groups excluding carboxylic acids is 1. The van der Waals surface area contributed by atoms with Gasteiger partial charge in [-0.15, -0.1) is 5.10 Å². The molecule has 0 radical (unpaired) electrons. The van der Waals surface area contributed by atoms with Gasteiger partial charge in [0.05, 0.1) is 11.7 Å². The Balaban J connectivity index is 2.08. The Morgan fingerprint density at radius 2 is 2.33 bits per heavy atom. The van der Waals surface area contributed by atoms with Gasteiger partial charge in [-0.1, -0.05) is 11.4 Å². The van der Waals surface area contributed by atoms with Crippen molar-refractivity contribution in [3.63, 3.8) is 0 Å². The van der Waals surface area contributed by atoms with Crippen LogP contribution in [0.25, 0.3) is 0 Å². The number of hydrogen-bond acceptors (Lipinski definition) is 5. The lowest BCUT2D eigenvalue weighted by molar-refractivity contribution is 0.0938. The van der Waals surface area contributed by atoms with Gasteiger partial charge in [0.15, 0.2) is 0 Å². The van der Waals surface area contributed by atoms with Crippen molar-refractivity contribution < 1.29 is 9.21 Å². The highest BCUT2D eigenvalue weighted by molar-refractivity contribution is 7.08. The number of furan rings is 1. The SMILES string of the molecule is CCc1nnsc1C(=O)N[C@H](C)c1ccc(C)o1. The molecule has 2 aromatic heterocycles. The van der Waals surface area contributed by atoms with E-state index in [1.807, 2.05) is 32.9 Å². The summed E-state index contributed by atoms with van der Waals surface area (Å²) in [5, 5.41) is 6.81. The van der Waals surface area contributed by atoms with E-state index in [0.717, 1.165) is 28.7 Å². The zero-order chi connectivity index (χ0) is 13.1. The minimum Gasteiger partial charge on any atom is -0.464 e. The first-order valence-corrected chi connectivity index (χ1v) is 6.57. The number of rotatable bonds is 4. The third-order valence-corrected chi connectivity index (χ3v) is 3.40. The van der Waals surface area contributed by atoms with Crippen LogP contribution in [0.2, 0.25) is 0 Å². The second kappa shape index (κ2) is 5.30. The van der Waals surface area contributed by atoms with Crippen LogP contribution in [0.3, 0.4) is 0 Å². The highest BCUT2D eigenvalue weighted by Gasteiger charge is 2.18. The van der Waals surface area contributed by atoms with E-state index in [2.05, 4.69) is 14.9 Å². The van der Waals surface area contributed by atoms with E-state index in [-0.39, 0.29) is 11.9 Å². The van der Waals surface area contributed by atoms with Crippen LogP contribution < -0.4 is 5.32 Å². The summed E-state index contributed by atoms with van der Waals surface area (Å²) in [7, 11) is 0. The molecule has 18 heavy (non-hydrogen) atoms. The van der Waals surface area contributed by atoms with Crippen molar-refractivity contribution in [1.29, 1.82) is 0 Å². The van der Waals surface area contributed by atoms with Crippen molar-refractivity contribution in [1.82, 2.24) is 14.9 Å². The summed E-state index contributed by atoms with van der Waals surface area (Å²) in [5.74, 6) is 1.43. The molecule has 0 spiro atoms. The average Bonchev–Trinajstić information content (AvgIpc) is 2.96. The average molecular weight is 265 g/mol. The highest BCUT2D eigenvalue weighted by atomic mass is 32.1. The summed E-state index contributed by atoms with van der Waals surface area (Å²) in [5.41, 5.74) is 0.736. The maximum Gasteiger partial charge on any atom is 0.265 e. The lowest BCUT2D eigenvalue weighted by atomic mass is 10.2. The van der Waals surface area contributed by atoms with Crippen LogP contribution in [0.1, 0.15) is 46.8 Å². The molecule has 0 aliphatic carbocycles. The molecule has 0 saturated carbocycles. The molecule has 2 aromatic rings. The predicted molar refractivity (Wildman–Crippen MR) is 68.6 cm³/mol. The van der Waals surface area contributed by atoms with Crippen LogP contribution in [0.4, 0.5) is 0 Å². The molecular weight excluding hydrogens is 250 g/mol. The minimum atomic E-state index is -0.169. The maximum absolute atomic E-state index is 12.1. The lowest BCUT2D eigenvalue weighted by Gasteiger charge is -2.10. The van der Waals surface area contributed by atoms with Gasteiger partial charge in [0.25, 0.3) is 5.91 Å². The van der Waals surface area contributed by atoms with E-state index in [0.29, 0.717) is 11.3 Å². The van der Waals surface area contributed by atoms with Crippen LogP contribution in [0.5, 0.6) is 0 Å². The van der Waals surface area contributed by atoms with Gasteiger partial charge in [-0.2, -0.15) is 0 Å². The van der Waals surface area contributed by atoms with Gasteiger partial charge in [-0.25, -0.2) is 0 Å². The molecule has 96 valence electrons. The van der Waals surface area contributed by atoms with Gasteiger partial charge in [-0.05, 0) is 43.9 Å². The summed E-state index contributed by atoms with van der Waals surface area (Å²) in [6.45, 7) is 5.71. The first-order chi connectivity index (χ1) is 8.61. The quantitative estimate of drug-likeness (QED) is 0.922. The van der Waals surface area contributed by atoms with Crippen LogP contribution in [0, 0.1) is 6.92 Å². The topological polar surface area (TPSA) is 68.0 Å². The van der Waals surface area contributed by atoms with Crippen molar-refractivity contribution in [3.8, 4) is 0 Å². The standard InChI is InChI=1S/C12H15N3O2S/c1-4-9-11(18-15-14-9)12(16)13-8(3)10-6-5-7(2)17-10/h5-6,8H,4H2,1-3H3,(H,13,16)/t8-/m1/s1. The van der Waals surface area contributed by atoms with Crippen LogP contribution in [0.15, 0.2) is 16.5 Å². The molecule has 2 heterocycles. The number of amides is 1. The molecule has 0 fully saturated rings. The van der Waals surface area contributed by atoms with Crippen molar-refractivity contribution in [2.45, 2.75) is 33.2 Å². The first-order valence-electron chi connectivity index (χ1n) is 5.80. The maximum atomic E-state index is 12.1. The number of nitrogens with zero attached hydrogens (tertiary/aromatic N) is 2. The molecule has 0 aromatic carbocycles. The Morgan fingerprint density at radius 1 is 1.56 bits per heavy atom. The molecule has 1 atom stereocenters. The van der Waals surface area contributed by atoms with E-state index in [9.17, 15) is 4.79 Å². The molecule has 1 N–H and O–H groups in total. The molecule has 0 saturated heterocycles. The largest absolute Gasteiger partial charge is 0.464 e. The van der Waals surface area contributed by atoms with E-state index in [1.165, 1.54) is 0 Å². The minimum absolute atomic E-state index is 0.150. The fourth-order valence-corrected chi connectivity index (χ4v) is 2.29. The molecular formula is C12H15N3O2S. The number of nitrogens with one attached hydrogen (secondary N) is 1. The molecule has 6 heteroatoms. The van der Waals surface area contributed by atoms with E-state index in [4.69, 9.17) is 4.42 Å². The van der Waals surface area contributed by atoms with Gasteiger partial charge < -0.3 is 9.73 Å². The van der Waals surface area contributed by atoms with Crippen LogP contribution in [-0.2, 0) is 6.42 Å². The van der Waals surface area contributed by atoms with E-state index in [1.54, 1.807) is 0 Å². The lowest BCUT2D eigenvalue weighted by Crippen LogP contribution is -2.26. The Morgan fingerprint density at radius 3 is 2.94 bits per heavy atom. The molecule has 0 aliphatic heterocycles. The summed E-state index contributed by atoms with van der Waals surface area (Å²) in [6.07, 6.45) is 0.702. The van der Waals surface area contributed by atoms with Gasteiger partial charge >= 0.3 is 0 Å². The zero-order valence-electron chi connectivity index (χ0n) is 10.6. The van der Waals surface area contributed by atoms with Gasteiger partial charge in [-0.3, -0.25) is 4.79 Å². The summed E-state index contributed by atoms with van der Waals surface area (Å²) < 4.78 is 9.28. The third-order valence-electron chi connectivity index (χ3n) is 2.63. The Kier molecular flexibility index (Phi) is 3.76. The number of aromatic nitrogens is 2. The van der Waals surface area contributed by atoms with Gasteiger partial charge in [0.2, 0.25) is 0 Å². The smallest absolute Gasteiger partial charge is 0.265 e.